The van der Waals surface area contributed by atoms with Gasteiger partial charge >= 0.3 is 5.97 Å². The summed E-state index contributed by atoms with van der Waals surface area (Å²) in [5, 5.41) is 0. The number of carbonyl (C=O) groups excluding carboxylic acids is 1. The van der Waals surface area contributed by atoms with Crippen LogP contribution in [0.3, 0.4) is 0 Å². The van der Waals surface area contributed by atoms with Crippen LogP contribution in [0.15, 0.2) is 0 Å². The summed E-state index contributed by atoms with van der Waals surface area (Å²) in [6.07, 6.45) is 3.36. The molecule has 1 aliphatic heterocycles. The zero-order valence-corrected chi connectivity index (χ0v) is 7.50. The molecule has 12 heavy (non-hydrogen) atoms. The number of carbonyl (C=O) groups is 1. The van der Waals surface area contributed by atoms with E-state index in [-0.39, 0.29) is 23.8 Å². The molecule has 1 saturated carbocycles. The summed E-state index contributed by atoms with van der Waals surface area (Å²) < 4.78 is 10.6. The van der Waals surface area contributed by atoms with Crippen molar-refractivity contribution in [1.29, 1.82) is 0 Å². The van der Waals surface area contributed by atoms with Gasteiger partial charge in [-0.2, -0.15) is 0 Å². The normalized spacial score (nSPS) is 44.8. The van der Waals surface area contributed by atoms with Gasteiger partial charge in [0.25, 0.3) is 0 Å². The van der Waals surface area contributed by atoms with E-state index in [1.165, 1.54) is 6.92 Å². The molecule has 0 radical (unpaired) electrons. The van der Waals surface area contributed by atoms with Crippen LogP contribution in [0.25, 0.3) is 0 Å². The van der Waals surface area contributed by atoms with Crippen LogP contribution in [-0.4, -0.2) is 23.8 Å². The van der Waals surface area contributed by atoms with E-state index in [9.17, 15) is 4.79 Å². The van der Waals surface area contributed by atoms with Gasteiger partial charge in [-0.3, -0.25) is 4.79 Å². The molecule has 68 valence electrons. The molecule has 1 aliphatic carbocycles. The molecule has 2 fully saturated rings. The lowest BCUT2D eigenvalue weighted by Crippen LogP contribution is -2.31. The molecule has 0 N–H and O–H groups in total. The van der Waals surface area contributed by atoms with Crippen LogP contribution < -0.4 is 0 Å². The van der Waals surface area contributed by atoms with Crippen molar-refractivity contribution in [1.82, 2.24) is 0 Å². The molecule has 3 heteroatoms. The topological polar surface area (TPSA) is 38.8 Å². The van der Waals surface area contributed by atoms with Crippen LogP contribution in [0.1, 0.15) is 33.1 Å². The van der Waals surface area contributed by atoms with E-state index in [1.54, 1.807) is 0 Å². The average molecular weight is 170 g/mol. The van der Waals surface area contributed by atoms with Gasteiger partial charge in [-0.05, 0) is 26.2 Å². The smallest absolute Gasteiger partial charge is 0.302 e. The highest BCUT2D eigenvalue weighted by molar-refractivity contribution is 5.66. The lowest BCUT2D eigenvalue weighted by Gasteiger charge is -2.21. The highest BCUT2D eigenvalue weighted by atomic mass is 16.6. The third-order valence-electron chi connectivity index (χ3n) is 2.76. The third kappa shape index (κ3) is 1.22. The van der Waals surface area contributed by atoms with E-state index in [2.05, 4.69) is 6.92 Å². The molecule has 1 heterocycles. The van der Waals surface area contributed by atoms with Gasteiger partial charge in [0.1, 0.15) is 12.2 Å². The Morgan fingerprint density at radius 1 is 1.67 bits per heavy atom. The van der Waals surface area contributed by atoms with E-state index in [0.29, 0.717) is 0 Å². The molecule has 0 aromatic carbocycles. The van der Waals surface area contributed by atoms with Crippen LogP contribution >= 0.6 is 0 Å². The Morgan fingerprint density at radius 3 is 3.08 bits per heavy atom. The van der Waals surface area contributed by atoms with E-state index < -0.39 is 0 Å². The van der Waals surface area contributed by atoms with Crippen LogP contribution in [-0.2, 0) is 14.3 Å². The first kappa shape index (κ1) is 8.05. The van der Waals surface area contributed by atoms with Gasteiger partial charge < -0.3 is 9.47 Å². The van der Waals surface area contributed by atoms with Crippen molar-refractivity contribution in [2.75, 3.05) is 0 Å². The molecule has 3 nitrogen and oxygen atoms in total. The second-order valence-corrected chi connectivity index (χ2v) is 3.89. The maximum Gasteiger partial charge on any atom is 0.302 e. The maximum atomic E-state index is 10.7. The van der Waals surface area contributed by atoms with Crippen molar-refractivity contribution in [3.05, 3.63) is 0 Å². The molecule has 3 atom stereocenters. The number of hydrogen-bond donors (Lipinski definition) is 0. The summed E-state index contributed by atoms with van der Waals surface area (Å²) in [4.78, 5) is 10.7. The minimum atomic E-state index is -0.195. The summed E-state index contributed by atoms with van der Waals surface area (Å²) in [5.74, 6) is -0.195. The second-order valence-electron chi connectivity index (χ2n) is 3.89. The summed E-state index contributed by atoms with van der Waals surface area (Å²) >= 11 is 0. The molecular weight excluding hydrogens is 156 g/mol. The number of epoxide rings is 1. The summed E-state index contributed by atoms with van der Waals surface area (Å²) in [6.45, 7) is 3.54. The van der Waals surface area contributed by atoms with Crippen molar-refractivity contribution >= 4 is 5.97 Å². The Morgan fingerprint density at radius 2 is 2.42 bits per heavy atom. The molecule has 1 unspecified atom stereocenters. The van der Waals surface area contributed by atoms with Gasteiger partial charge in [0.05, 0.1) is 5.60 Å². The van der Waals surface area contributed by atoms with Crippen LogP contribution in [0.2, 0.25) is 0 Å². The molecule has 0 aromatic heterocycles. The number of fused-ring (bicyclic) bond motifs is 1. The van der Waals surface area contributed by atoms with E-state index >= 15 is 0 Å². The van der Waals surface area contributed by atoms with E-state index in [0.717, 1.165) is 19.3 Å². The predicted octanol–water partition coefficient (Wildman–Crippen LogP) is 1.26. The average Bonchev–Trinajstić information content (AvgIpc) is 2.61. The Labute approximate surface area is 72.0 Å². The first-order valence-corrected chi connectivity index (χ1v) is 4.47. The number of ether oxygens (including phenoxy) is 2. The van der Waals surface area contributed by atoms with E-state index in [4.69, 9.17) is 9.47 Å². The first-order chi connectivity index (χ1) is 5.62. The molecule has 2 aliphatic rings. The monoisotopic (exact) mass is 170 g/mol. The van der Waals surface area contributed by atoms with Gasteiger partial charge in [0, 0.05) is 6.92 Å². The fourth-order valence-electron chi connectivity index (χ4n) is 2.07. The molecule has 2 rings (SSSR count). The fraction of sp³-hybridized carbons (Fsp3) is 0.889. The Hall–Kier alpha value is -0.570. The van der Waals surface area contributed by atoms with Gasteiger partial charge in [-0.1, -0.05) is 0 Å². The number of rotatable bonds is 1. The Balaban J connectivity index is 1.95. The van der Waals surface area contributed by atoms with Crippen molar-refractivity contribution in [2.45, 2.75) is 50.9 Å². The van der Waals surface area contributed by atoms with Crippen molar-refractivity contribution < 1.29 is 14.3 Å². The van der Waals surface area contributed by atoms with Gasteiger partial charge in [0.2, 0.25) is 0 Å². The molecule has 0 bridgehead atoms. The lowest BCUT2D eigenvalue weighted by atomic mass is 9.89. The molecule has 0 aromatic rings. The fourth-order valence-corrected chi connectivity index (χ4v) is 2.07. The minimum Gasteiger partial charge on any atom is -0.460 e. The largest absolute Gasteiger partial charge is 0.460 e. The second kappa shape index (κ2) is 2.46. The quantitative estimate of drug-likeness (QED) is 0.439. The zero-order valence-electron chi connectivity index (χ0n) is 7.50. The predicted molar refractivity (Wildman–Crippen MR) is 42.7 cm³/mol. The molecule has 0 amide bonds. The summed E-state index contributed by atoms with van der Waals surface area (Å²) in [5.41, 5.74) is 0.0262. The number of hydrogen-bond acceptors (Lipinski definition) is 3. The Kier molecular flexibility index (Phi) is 1.65. The molecule has 0 spiro atoms. The zero-order chi connectivity index (χ0) is 8.77. The van der Waals surface area contributed by atoms with Crippen molar-refractivity contribution in [3.8, 4) is 0 Å². The SMILES string of the molecule is CC(=O)OC1CCC[C@@]2(C)O[C@@H]12. The Bertz CT molecular complexity index is 214. The van der Waals surface area contributed by atoms with Gasteiger partial charge in [-0.25, -0.2) is 0 Å². The maximum absolute atomic E-state index is 10.7. The van der Waals surface area contributed by atoms with Crippen molar-refractivity contribution in [2.24, 2.45) is 0 Å². The van der Waals surface area contributed by atoms with Crippen molar-refractivity contribution in [3.63, 3.8) is 0 Å². The van der Waals surface area contributed by atoms with Crippen LogP contribution in [0.5, 0.6) is 0 Å². The third-order valence-corrected chi connectivity index (χ3v) is 2.76. The summed E-state index contributed by atoms with van der Waals surface area (Å²) in [7, 11) is 0. The van der Waals surface area contributed by atoms with Crippen LogP contribution in [0, 0.1) is 0 Å². The van der Waals surface area contributed by atoms with Gasteiger partial charge in [-0.15, -0.1) is 0 Å². The van der Waals surface area contributed by atoms with Crippen LogP contribution in [0.4, 0.5) is 0 Å². The highest BCUT2D eigenvalue weighted by Gasteiger charge is 2.59. The lowest BCUT2D eigenvalue weighted by molar-refractivity contribution is -0.148. The molecular formula is C9H14O3. The van der Waals surface area contributed by atoms with E-state index in [1.807, 2.05) is 0 Å². The minimum absolute atomic E-state index is 0.0150. The standard InChI is InChI=1S/C9H14O3/c1-6(10)11-7-4-3-5-9(2)8(7)12-9/h7-8H,3-5H2,1-2H3/t7?,8-,9+/m0/s1. The highest BCUT2D eigenvalue weighted by Crippen LogP contribution is 2.48. The van der Waals surface area contributed by atoms with Gasteiger partial charge in [0.15, 0.2) is 0 Å². The molecule has 1 saturated heterocycles. The number of esters is 1. The first-order valence-electron chi connectivity index (χ1n) is 4.47. The summed E-state index contributed by atoms with van der Waals surface area (Å²) in [6, 6.07) is 0.